The smallest absolute Gasteiger partial charge is 0.336 e. The van der Waals surface area contributed by atoms with Gasteiger partial charge in [-0.15, -0.1) is 0 Å². The van der Waals surface area contributed by atoms with E-state index in [1.807, 2.05) is 44.2 Å². The molecule has 0 amide bonds. The molecule has 13 heteroatoms. The van der Waals surface area contributed by atoms with Crippen LogP contribution in [0.4, 0.5) is 0 Å². The Balaban J connectivity index is 2.79. The summed E-state index contributed by atoms with van der Waals surface area (Å²) in [4.78, 5) is 29.7. The first-order chi connectivity index (χ1) is 28.1. The van der Waals surface area contributed by atoms with Crippen LogP contribution in [-0.2, 0) is 53.5 Å². The van der Waals surface area contributed by atoms with E-state index in [1.165, 1.54) is 7.11 Å². The Hall–Kier alpha value is -1.79. The number of aliphatic hydroxyl groups excluding tert-OH is 1. The Labute approximate surface area is 372 Å². The molecule has 0 spiro atoms. The quantitative estimate of drug-likeness (QED) is 0.0737. The van der Waals surface area contributed by atoms with Gasteiger partial charge in [-0.05, 0) is 73.1 Å². The van der Waals surface area contributed by atoms with Crippen molar-refractivity contribution >= 4 is 28.4 Å². The Morgan fingerprint density at radius 2 is 1.46 bits per heavy atom. The number of rotatable bonds is 16. The van der Waals surface area contributed by atoms with Gasteiger partial charge in [0.25, 0.3) is 0 Å². The molecule has 1 N–H and O–H groups in total. The molecule has 0 aliphatic carbocycles. The molecule has 1 fully saturated rings. The molecule has 352 valence electrons. The third kappa shape index (κ3) is 16.3. The van der Waals surface area contributed by atoms with E-state index in [4.69, 9.17) is 37.3 Å². The molecule has 11 nitrogen and oxygen atoms in total. The van der Waals surface area contributed by atoms with Gasteiger partial charge in [-0.2, -0.15) is 0 Å². The minimum atomic E-state index is -2.58. The number of cyclic esters (lactones) is 1. The molecule has 1 aliphatic rings. The predicted molar refractivity (Wildman–Crippen MR) is 248 cm³/mol. The molecule has 1 aromatic carbocycles. The van der Waals surface area contributed by atoms with Crippen LogP contribution in [0.25, 0.3) is 0 Å². The zero-order valence-corrected chi connectivity index (χ0v) is 43.3. The molecule has 61 heavy (non-hydrogen) atoms. The summed E-state index contributed by atoms with van der Waals surface area (Å²) >= 11 is 0. The van der Waals surface area contributed by atoms with Crippen molar-refractivity contribution in [3.63, 3.8) is 0 Å². The van der Waals surface area contributed by atoms with Crippen molar-refractivity contribution < 1.29 is 52.0 Å². The van der Waals surface area contributed by atoms with Gasteiger partial charge in [0.05, 0.1) is 36.9 Å². The largest absolute Gasteiger partial charge is 0.456 e. The molecular formula is C48H86O11Si2. The van der Waals surface area contributed by atoms with Crippen LogP contribution < -0.4 is 0 Å². The number of hydrogen-bond donors (Lipinski definition) is 1. The highest BCUT2D eigenvalue weighted by molar-refractivity contribution is 6.74. The van der Waals surface area contributed by atoms with Crippen molar-refractivity contribution in [2.75, 3.05) is 34.7 Å². The molecule has 0 radical (unpaired) electrons. The Morgan fingerprint density at radius 1 is 0.869 bits per heavy atom. The molecule has 0 bridgehead atoms. The molecule has 1 heterocycles. The van der Waals surface area contributed by atoms with Gasteiger partial charge in [0, 0.05) is 52.6 Å². The highest BCUT2D eigenvalue weighted by atomic mass is 28.4. The van der Waals surface area contributed by atoms with Crippen molar-refractivity contribution in [3.8, 4) is 0 Å². The number of carbonyl (C=O) groups excluding carboxylic acids is 2. The third-order valence-corrected chi connectivity index (χ3v) is 22.6. The van der Waals surface area contributed by atoms with Crippen LogP contribution in [0.15, 0.2) is 42.0 Å². The molecular weight excluding hydrogens is 809 g/mol. The van der Waals surface area contributed by atoms with Gasteiger partial charge in [-0.3, -0.25) is 4.79 Å². The average molecular weight is 895 g/mol. The third-order valence-electron chi connectivity index (χ3n) is 13.6. The minimum absolute atomic E-state index is 0.0465. The fraction of sp³-hybridized carbons (Fsp3) is 0.792. The van der Waals surface area contributed by atoms with E-state index in [9.17, 15) is 9.90 Å². The number of hydrogen-bond acceptors (Lipinski definition) is 11. The van der Waals surface area contributed by atoms with Gasteiger partial charge in [0.1, 0.15) is 19.0 Å². The van der Waals surface area contributed by atoms with Gasteiger partial charge >= 0.3 is 5.97 Å². The highest BCUT2D eigenvalue weighted by Gasteiger charge is 2.50. The summed E-state index contributed by atoms with van der Waals surface area (Å²) in [6.45, 7) is 32.1. The van der Waals surface area contributed by atoms with Gasteiger partial charge in [0.15, 0.2) is 28.5 Å². The van der Waals surface area contributed by atoms with E-state index in [1.54, 1.807) is 28.1 Å². The van der Waals surface area contributed by atoms with Gasteiger partial charge < -0.3 is 42.4 Å². The second-order valence-electron chi connectivity index (χ2n) is 21.0. The fourth-order valence-electron chi connectivity index (χ4n) is 7.13. The first kappa shape index (κ1) is 55.3. The van der Waals surface area contributed by atoms with Crippen molar-refractivity contribution in [3.05, 3.63) is 47.5 Å². The standard InChI is InChI=1S/C48H86O11Si2/c1-19-35(30-55-31-36-23-21-20-22-24-36)25-33(2)39-27-37(53-13)29-41(49)48(10,11)44(50)43(59-61(17,18)47(7,8)9)40(54-14)28-38(58-60(15,16)46(4,5)6)26-34(3)42(45(51)57-39)56-32-52-12/h20-25,34-35,37-43,49H,19,26-32H2,1-18H3/b33-25-/t34-,35-,37-,38+,39+,40-,41+,42+,43-/m1/s1. The average Bonchev–Trinajstić information content (AvgIpc) is 3.16. The Morgan fingerprint density at radius 3 is 1.98 bits per heavy atom. The molecule has 0 aromatic heterocycles. The number of Topliss-reactive ketones (excluding diaryl/α,β-unsaturated/α-hetero) is 1. The first-order valence-electron chi connectivity index (χ1n) is 22.4. The van der Waals surface area contributed by atoms with Crippen LogP contribution in [0.5, 0.6) is 0 Å². The van der Waals surface area contributed by atoms with E-state index in [2.05, 4.69) is 80.7 Å². The fourth-order valence-corrected chi connectivity index (χ4v) is 9.75. The topological polar surface area (TPSA) is 128 Å². The van der Waals surface area contributed by atoms with Crippen LogP contribution in [0.1, 0.15) is 114 Å². The molecule has 9 atom stereocenters. The lowest BCUT2D eigenvalue weighted by atomic mass is 9.75. The van der Waals surface area contributed by atoms with Crippen molar-refractivity contribution in [2.45, 2.75) is 194 Å². The number of carbonyl (C=O) groups is 2. The summed E-state index contributed by atoms with van der Waals surface area (Å²) in [6.07, 6.45) is -1.62. The maximum atomic E-state index is 15.1. The molecule has 1 aromatic rings. The first-order valence-corrected chi connectivity index (χ1v) is 28.2. The number of ketones is 1. The summed E-state index contributed by atoms with van der Waals surface area (Å²) < 4.78 is 50.6. The second-order valence-corrected chi connectivity index (χ2v) is 30.5. The lowest BCUT2D eigenvalue weighted by Crippen LogP contribution is -2.56. The van der Waals surface area contributed by atoms with Gasteiger partial charge in [0.2, 0.25) is 0 Å². The second kappa shape index (κ2) is 23.9. The van der Waals surface area contributed by atoms with Gasteiger partial charge in [-0.1, -0.05) is 106 Å². The van der Waals surface area contributed by atoms with Crippen LogP contribution in [-0.4, -0.2) is 111 Å². The Kier molecular flexibility index (Phi) is 21.7. The van der Waals surface area contributed by atoms with E-state index in [0.717, 1.165) is 17.6 Å². The van der Waals surface area contributed by atoms with Crippen LogP contribution in [0, 0.1) is 17.3 Å². The number of benzene rings is 1. The van der Waals surface area contributed by atoms with Gasteiger partial charge in [-0.25, -0.2) is 4.79 Å². The lowest BCUT2D eigenvalue weighted by molar-refractivity contribution is -0.176. The van der Waals surface area contributed by atoms with E-state index >= 15 is 4.79 Å². The molecule has 1 saturated heterocycles. The van der Waals surface area contributed by atoms with Crippen molar-refractivity contribution in [1.82, 2.24) is 0 Å². The Bertz CT molecular complexity index is 1500. The van der Waals surface area contributed by atoms with Crippen molar-refractivity contribution in [1.29, 1.82) is 0 Å². The van der Waals surface area contributed by atoms with E-state index in [-0.39, 0.29) is 41.4 Å². The van der Waals surface area contributed by atoms with E-state index in [0.29, 0.717) is 26.1 Å². The SMILES string of the molecule is CC[C@H](/C=C(/C)[C@@H]1C[C@@H](OC)C[C@H](O)C(C)(C)C(=O)[C@H](O[Si](C)(C)C(C)(C)C)[C@H](OC)C[C@@H](O[Si](C)(C)C(C)(C)C)C[C@@H](C)[C@H](OCOC)C(=O)O1)COCc1ccccc1. The zero-order valence-electron chi connectivity index (χ0n) is 41.3. The van der Waals surface area contributed by atoms with Crippen LogP contribution in [0.2, 0.25) is 36.3 Å². The number of aliphatic hydroxyl groups is 1. The molecule has 1 aliphatic heterocycles. The van der Waals surface area contributed by atoms with Crippen molar-refractivity contribution in [2.24, 2.45) is 17.3 Å². The summed E-state index contributed by atoms with van der Waals surface area (Å²) in [5.74, 6) is -1.11. The number of methoxy groups -OCH3 is 3. The number of esters is 1. The minimum Gasteiger partial charge on any atom is -0.456 e. The van der Waals surface area contributed by atoms with Crippen LogP contribution >= 0.6 is 0 Å². The molecule has 0 unspecified atom stereocenters. The zero-order chi connectivity index (χ0) is 46.6. The monoisotopic (exact) mass is 895 g/mol. The van der Waals surface area contributed by atoms with E-state index < -0.39 is 76.7 Å². The number of ether oxygens (including phenoxy) is 6. The summed E-state index contributed by atoms with van der Waals surface area (Å²) in [5.41, 5.74) is 0.663. The summed E-state index contributed by atoms with van der Waals surface area (Å²) in [5, 5.41) is 11.8. The summed E-state index contributed by atoms with van der Waals surface area (Å²) in [7, 11) is -0.299. The maximum absolute atomic E-state index is 15.1. The maximum Gasteiger partial charge on any atom is 0.336 e. The summed E-state index contributed by atoms with van der Waals surface area (Å²) in [6, 6.07) is 10.1. The lowest BCUT2D eigenvalue weighted by Gasteiger charge is -2.45. The molecule has 0 saturated carbocycles. The molecule has 2 rings (SSSR count). The highest BCUT2D eigenvalue weighted by Crippen LogP contribution is 2.42. The van der Waals surface area contributed by atoms with Crippen LogP contribution in [0.3, 0.4) is 0 Å². The predicted octanol–water partition coefficient (Wildman–Crippen LogP) is 10.1. The normalized spacial score (nSPS) is 27.8.